The van der Waals surface area contributed by atoms with Gasteiger partial charge in [0.15, 0.2) is 0 Å². The number of rotatable bonds is 3. The summed E-state index contributed by atoms with van der Waals surface area (Å²) in [5.41, 5.74) is 2.22. The molecular formula is C15H15Cl2NOS. The molecule has 1 aliphatic carbocycles. The molecule has 0 saturated carbocycles. The Morgan fingerprint density at radius 1 is 1.30 bits per heavy atom. The van der Waals surface area contributed by atoms with E-state index >= 15 is 0 Å². The minimum Gasteiger partial charge on any atom is -0.497 e. The van der Waals surface area contributed by atoms with Gasteiger partial charge in [-0.1, -0.05) is 23.2 Å². The lowest BCUT2D eigenvalue weighted by Crippen LogP contribution is -2.15. The Morgan fingerprint density at radius 2 is 2.15 bits per heavy atom. The van der Waals surface area contributed by atoms with Crippen LogP contribution in [0.15, 0.2) is 24.3 Å². The van der Waals surface area contributed by atoms with Crippen molar-refractivity contribution in [1.82, 2.24) is 0 Å². The van der Waals surface area contributed by atoms with Gasteiger partial charge >= 0.3 is 0 Å². The normalized spacial score (nSPS) is 17.6. The van der Waals surface area contributed by atoms with Crippen LogP contribution in [0.1, 0.15) is 29.3 Å². The molecule has 20 heavy (non-hydrogen) atoms. The number of thiophene rings is 1. The minimum absolute atomic E-state index is 0.270. The zero-order chi connectivity index (χ0) is 14.1. The van der Waals surface area contributed by atoms with Crippen LogP contribution in [0.25, 0.3) is 0 Å². The van der Waals surface area contributed by atoms with E-state index in [-0.39, 0.29) is 6.04 Å². The fourth-order valence-corrected chi connectivity index (χ4v) is 4.16. The molecule has 3 rings (SSSR count). The summed E-state index contributed by atoms with van der Waals surface area (Å²) in [6.07, 6.45) is 3.38. The Morgan fingerprint density at radius 3 is 2.95 bits per heavy atom. The van der Waals surface area contributed by atoms with Crippen molar-refractivity contribution in [3.8, 4) is 5.75 Å². The van der Waals surface area contributed by atoms with Crippen molar-refractivity contribution in [2.75, 3.05) is 12.4 Å². The Labute approximate surface area is 132 Å². The van der Waals surface area contributed by atoms with E-state index in [0.717, 1.165) is 28.6 Å². The topological polar surface area (TPSA) is 21.3 Å². The van der Waals surface area contributed by atoms with E-state index in [1.54, 1.807) is 18.4 Å². The molecule has 0 saturated heterocycles. The SMILES string of the molecule is COc1ccc(Cl)c(NC2CCCc3sc(Cl)cc32)c1. The number of benzene rings is 1. The molecule has 0 aliphatic heterocycles. The molecule has 106 valence electrons. The molecular weight excluding hydrogens is 313 g/mol. The number of hydrogen-bond acceptors (Lipinski definition) is 3. The minimum atomic E-state index is 0.270. The number of ether oxygens (including phenoxy) is 1. The van der Waals surface area contributed by atoms with Crippen LogP contribution in [0.5, 0.6) is 5.75 Å². The molecule has 1 aromatic heterocycles. The molecule has 1 aromatic carbocycles. The van der Waals surface area contributed by atoms with Gasteiger partial charge in [0.05, 0.1) is 28.2 Å². The fraction of sp³-hybridized carbons (Fsp3) is 0.333. The molecule has 1 atom stereocenters. The first-order valence-electron chi connectivity index (χ1n) is 6.55. The third-order valence-corrected chi connectivity index (χ3v) is 5.26. The number of fused-ring (bicyclic) bond motifs is 1. The van der Waals surface area contributed by atoms with Gasteiger partial charge < -0.3 is 10.1 Å². The van der Waals surface area contributed by atoms with E-state index < -0.39 is 0 Å². The molecule has 0 spiro atoms. The van der Waals surface area contributed by atoms with Crippen LogP contribution >= 0.6 is 34.5 Å². The highest BCUT2D eigenvalue weighted by molar-refractivity contribution is 7.16. The zero-order valence-corrected chi connectivity index (χ0v) is 13.4. The number of halogens is 2. The Bertz CT molecular complexity index is 626. The summed E-state index contributed by atoms with van der Waals surface area (Å²) in [5, 5.41) is 4.24. The molecule has 1 unspecified atom stereocenters. The third-order valence-electron chi connectivity index (χ3n) is 3.59. The highest BCUT2D eigenvalue weighted by atomic mass is 35.5. The second-order valence-electron chi connectivity index (χ2n) is 4.86. The van der Waals surface area contributed by atoms with Crippen molar-refractivity contribution < 1.29 is 4.74 Å². The predicted octanol–water partition coefficient (Wildman–Crippen LogP) is 5.55. The quantitative estimate of drug-likeness (QED) is 0.797. The highest BCUT2D eigenvalue weighted by Crippen LogP contribution is 2.40. The first kappa shape index (κ1) is 14.1. The van der Waals surface area contributed by atoms with E-state index in [1.165, 1.54) is 16.9 Å². The number of anilines is 1. The van der Waals surface area contributed by atoms with Gasteiger partial charge in [0.2, 0.25) is 0 Å². The van der Waals surface area contributed by atoms with Gasteiger partial charge in [-0.3, -0.25) is 0 Å². The van der Waals surface area contributed by atoms with Crippen LogP contribution in [-0.4, -0.2) is 7.11 Å². The lowest BCUT2D eigenvalue weighted by molar-refractivity contribution is 0.415. The lowest BCUT2D eigenvalue weighted by Gasteiger charge is -2.25. The average Bonchev–Trinajstić information content (AvgIpc) is 2.82. The molecule has 5 heteroatoms. The van der Waals surface area contributed by atoms with Crippen molar-refractivity contribution in [3.05, 3.63) is 44.1 Å². The van der Waals surface area contributed by atoms with Crippen LogP contribution in [0, 0.1) is 0 Å². The smallest absolute Gasteiger partial charge is 0.121 e. The number of aryl methyl sites for hydroxylation is 1. The van der Waals surface area contributed by atoms with Gasteiger partial charge in [-0.05, 0) is 43.0 Å². The van der Waals surface area contributed by atoms with E-state index in [9.17, 15) is 0 Å². The molecule has 0 fully saturated rings. The van der Waals surface area contributed by atoms with Crippen molar-refractivity contribution in [1.29, 1.82) is 0 Å². The van der Waals surface area contributed by atoms with Crippen molar-refractivity contribution in [2.45, 2.75) is 25.3 Å². The molecule has 0 bridgehead atoms. The molecule has 2 aromatic rings. The van der Waals surface area contributed by atoms with Crippen LogP contribution < -0.4 is 10.1 Å². The standard InChI is InChI=1S/C15H15Cl2NOS/c1-19-9-5-6-11(16)13(7-9)18-12-3-2-4-14-10(12)8-15(17)20-14/h5-8,12,18H,2-4H2,1H3. The van der Waals surface area contributed by atoms with E-state index in [4.69, 9.17) is 27.9 Å². The lowest BCUT2D eigenvalue weighted by atomic mass is 9.94. The molecule has 1 heterocycles. The Hall–Kier alpha value is -0.900. The van der Waals surface area contributed by atoms with Gasteiger partial charge in [-0.2, -0.15) is 0 Å². The third kappa shape index (κ3) is 2.76. The van der Waals surface area contributed by atoms with E-state index in [1.807, 2.05) is 18.2 Å². The van der Waals surface area contributed by atoms with Crippen molar-refractivity contribution >= 4 is 40.2 Å². The Kier molecular flexibility index (Phi) is 4.11. The Balaban J connectivity index is 1.88. The molecule has 0 amide bonds. The van der Waals surface area contributed by atoms with Crippen molar-refractivity contribution in [3.63, 3.8) is 0 Å². The summed E-state index contributed by atoms with van der Waals surface area (Å²) in [4.78, 5) is 1.39. The average molecular weight is 328 g/mol. The predicted molar refractivity (Wildman–Crippen MR) is 86.6 cm³/mol. The largest absolute Gasteiger partial charge is 0.497 e. The summed E-state index contributed by atoms with van der Waals surface area (Å²) in [6, 6.07) is 8.00. The van der Waals surface area contributed by atoms with Crippen LogP contribution in [0.2, 0.25) is 9.36 Å². The summed E-state index contributed by atoms with van der Waals surface area (Å²) in [6.45, 7) is 0. The van der Waals surface area contributed by atoms with E-state index in [0.29, 0.717) is 5.02 Å². The van der Waals surface area contributed by atoms with Crippen LogP contribution in [0.4, 0.5) is 5.69 Å². The molecule has 1 N–H and O–H groups in total. The number of methoxy groups -OCH3 is 1. The van der Waals surface area contributed by atoms with Crippen molar-refractivity contribution in [2.24, 2.45) is 0 Å². The number of hydrogen-bond donors (Lipinski definition) is 1. The molecule has 0 radical (unpaired) electrons. The van der Waals surface area contributed by atoms with Gasteiger partial charge in [0, 0.05) is 10.9 Å². The van der Waals surface area contributed by atoms with Crippen LogP contribution in [-0.2, 0) is 6.42 Å². The van der Waals surface area contributed by atoms with Gasteiger partial charge in [0.25, 0.3) is 0 Å². The van der Waals surface area contributed by atoms with E-state index in [2.05, 4.69) is 11.4 Å². The van der Waals surface area contributed by atoms with Gasteiger partial charge in [0.1, 0.15) is 5.75 Å². The van der Waals surface area contributed by atoms with Gasteiger partial charge in [-0.25, -0.2) is 0 Å². The second kappa shape index (κ2) is 5.84. The maximum atomic E-state index is 6.26. The monoisotopic (exact) mass is 327 g/mol. The first-order chi connectivity index (χ1) is 9.67. The first-order valence-corrected chi connectivity index (χ1v) is 8.13. The fourth-order valence-electron chi connectivity index (χ4n) is 2.60. The summed E-state index contributed by atoms with van der Waals surface area (Å²) < 4.78 is 6.12. The maximum absolute atomic E-state index is 6.26. The summed E-state index contributed by atoms with van der Waals surface area (Å²) in [5.74, 6) is 0.802. The summed E-state index contributed by atoms with van der Waals surface area (Å²) in [7, 11) is 1.66. The number of nitrogens with one attached hydrogen (secondary N) is 1. The zero-order valence-electron chi connectivity index (χ0n) is 11.1. The maximum Gasteiger partial charge on any atom is 0.121 e. The van der Waals surface area contributed by atoms with Crippen LogP contribution in [0.3, 0.4) is 0 Å². The second-order valence-corrected chi connectivity index (χ2v) is 7.04. The molecule has 2 nitrogen and oxygen atoms in total. The highest BCUT2D eigenvalue weighted by Gasteiger charge is 2.23. The summed E-state index contributed by atoms with van der Waals surface area (Å²) >= 11 is 14.1. The van der Waals surface area contributed by atoms with Gasteiger partial charge in [-0.15, -0.1) is 11.3 Å². The molecule has 1 aliphatic rings.